The average molecular weight is 220 g/mol. The molecule has 0 atom stereocenters. The second-order valence-electron chi connectivity index (χ2n) is 3.08. The summed E-state index contributed by atoms with van der Waals surface area (Å²) in [4.78, 5) is 21.2. The zero-order valence-corrected chi connectivity index (χ0v) is 8.39. The highest BCUT2D eigenvalue weighted by Gasteiger charge is 2.11. The molecule has 0 unspecified atom stereocenters. The van der Waals surface area contributed by atoms with E-state index in [-0.39, 0.29) is 12.8 Å². The quantitative estimate of drug-likeness (QED) is 0.377. The van der Waals surface area contributed by atoms with Gasteiger partial charge in [0.05, 0.1) is 13.2 Å². The molecule has 0 radical (unpaired) electrons. The number of aliphatic hydroxyl groups excluding tert-OH is 2. The van der Waals surface area contributed by atoms with Crippen molar-refractivity contribution in [1.29, 1.82) is 0 Å². The van der Waals surface area contributed by atoms with Crippen molar-refractivity contribution < 1.29 is 29.6 Å². The molecule has 0 aromatic carbocycles. The number of carboxylic acid groups (broad SMARTS) is 1. The Balaban J connectivity index is 3.52. The van der Waals surface area contributed by atoms with Crippen LogP contribution in [0.3, 0.4) is 0 Å². The number of carboxylic acids is 1. The molecule has 0 saturated carbocycles. The molecule has 0 rings (SSSR count). The third-order valence-electron chi connectivity index (χ3n) is 1.73. The van der Waals surface area contributed by atoms with Gasteiger partial charge in [-0.3, -0.25) is 9.59 Å². The lowest BCUT2D eigenvalue weighted by Crippen LogP contribution is -2.25. The fourth-order valence-corrected chi connectivity index (χ4v) is 0.923. The van der Waals surface area contributed by atoms with Gasteiger partial charge < -0.3 is 20.1 Å². The van der Waals surface area contributed by atoms with Crippen LogP contribution in [-0.4, -0.2) is 46.6 Å². The zero-order chi connectivity index (χ0) is 11.7. The van der Waals surface area contributed by atoms with Crippen molar-refractivity contribution in [2.75, 3.05) is 13.2 Å². The molecule has 0 spiro atoms. The van der Waals surface area contributed by atoms with E-state index in [0.717, 1.165) is 0 Å². The Morgan fingerprint density at radius 1 is 1.07 bits per heavy atom. The summed E-state index contributed by atoms with van der Waals surface area (Å²) in [5, 5.41) is 25.5. The first-order chi connectivity index (χ1) is 7.10. The maximum absolute atomic E-state index is 11.0. The van der Waals surface area contributed by atoms with Crippen LogP contribution in [0.1, 0.15) is 25.7 Å². The Labute approximate surface area is 87.5 Å². The first kappa shape index (κ1) is 13.9. The molecule has 0 aliphatic rings. The van der Waals surface area contributed by atoms with E-state index in [1.807, 2.05) is 0 Å². The van der Waals surface area contributed by atoms with Gasteiger partial charge in [0, 0.05) is 12.8 Å². The van der Waals surface area contributed by atoms with Crippen LogP contribution in [0.2, 0.25) is 0 Å². The van der Waals surface area contributed by atoms with E-state index in [9.17, 15) is 9.59 Å². The van der Waals surface area contributed by atoms with Crippen LogP contribution < -0.4 is 0 Å². The van der Waals surface area contributed by atoms with Crippen LogP contribution in [0.4, 0.5) is 0 Å². The Kier molecular flexibility index (Phi) is 7.57. The Morgan fingerprint density at radius 3 is 2.07 bits per heavy atom. The van der Waals surface area contributed by atoms with Crippen molar-refractivity contribution in [2.45, 2.75) is 31.8 Å². The van der Waals surface area contributed by atoms with Crippen molar-refractivity contribution in [3.8, 4) is 0 Å². The minimum atomic E-state index is -0.896. The summed E-state index contributed by atoms with van der Waals surface area (Å²) in [5.41, 5.74) is 0. The molecular formula is C9H16O6. The molecule has 3 N–H and O–H groups in total. The Hall–Kier alpha value is -1.14. The summed E-state index contributed by atoms with van der Waals surface area (Å²) in [5.74, 6) is -1.43. The molecule has 0 aromatic rings. The lowest BCUT2D eigenvalue weighted by Gasteiger charge is -2.12. The highest BCUT2D eigenvalue weighted by molar-refractivity contribution is 5.70. The van der Waals surface area contributed by atoms with Gasteiger partial charge in [-0.25, -0.2) is 0 Å². The van der Waals surface area contributed by atoms with Gasteiger partial charge in [0.2, 0.25) is 0 Å². The lowest BCUT2D eigenvalue weighted by atomic mass is 10.2. The molecule has 0 aliphatic carbocycles. The van der Waals surface area contributed by atoms with Gasteiger partial charge in [-0.15, -0.1) is 0 Å². The van der Waals surface area contributed by atoms with Crippen molar-refractivity contribution in [2.24, 2.45) is 0 Å². The van der Waals surface area contributed by atoms with E-state index in [2.05, 4.69) is 4.74 Å². The molecule has 0 saturated heterocycles. The van der Waals surface area contributed by atoms with E-state index >= 15 is 0 Å². The second kappa shape index (κ2) is 8.19. The van der Waals surface area contributed by atoms with Crippen LogP contribution in [0.15, 0.2) is 0 Å². The molecule has 0 heterocycles. The normalized spacial score (nSPS) is 10.3. The number of esters is 1. The minimum Gasteiger partial charge on any atom is -0.481 e. The van der Waals surface area contributed by atoms with Crippen LogP contribution in [0.5, 0.6) is 0 Å². The maximum Gasteiger partial charge on any atom is 0.306 e. The number of aliphatic carboxylic acids is 1. The molecule has 88 valence electrons. The molecule has 0 fully saturated rings. The fraction of sp³-hybridized carbons (Fsp3) is 0.778. The van der Waals surface area contributed by atoms with Crippen LogP contribution in [-0.2, 0) is 14.3 Å². The SMILES string of the molecule is O=C(O)CCCCC(=O)OC(CO)CO. The molecule has 15 heavy (non-hydrogen) atoms. The number of aliphatic hydroxyl groups is 2. The summed E-state index contributed by atoms with van der Waals surface area (Å²) in [7, 11) is 0. The average Bonchev–Trinajstić information content (AvgIpc) is 2.20. The molecule has 0 aromatic heterocycles. The predicted octanol–water partition coefficient (Wildman–Crippen LogP) is -0.472. The minimum absolute atomic E-state index is 0.0245. The first-order valence-electron chi connectivity index (χ1n) is 4.73. The molecule has 6 heteroatoms. The number of carbonyl (C=O) groups is 2. The summed E-state index contributed by atoms with van der Waals surface area (Å²) < 4.78 is 4.67. The largest absolute Gasteiger partial charge is 0.481 e. The van der Waals surface area contributed by atoms with E-state index in [0.29, 0.717) is 12.8 Å². The fourth-order valence-electron chi connectivity index (χ4n) is 0.923. The number of hydrogen-bond donors (Lipinski definition) is 3. The van der Waals surface area contributed by atoms with Gasteiger partial charge in [0.15, 0.2) is 0 Å². The number of hydrogen-bond acceptors (Lipinski definition) is 5. The van der Waals surface area contributed by atoms with Gasteiger partial charge in [-0.05, 0) is 12.8 Å². The molecular weight excluding hydrogens is 204 g/mol. The van der Waals surface area contributed by atoms with E-state index in [4.69, 9.17) is 15.3 Å². The van der Waals surface area contributed by atoms with Crippen molar-refractivity contribution in [3.05, 3.63) is 0 Å². The Bertz CT molecular complexity index is 199. The topological polar surface area (TPSA) is 104 Å². The summed E-state index contributed by atoms with van der Waals surface area (Å²) >= 11 is 0. The number of carbonyl (C=O) groups excluding carboxylic acids is 1. The molecule has 6 nitrogen and oxygen atoms in total. The van der Waals surface area contributed by atoms with E-state index in [1.165, 1.54) is 0 Å². The number of rotatable bonds is 8. The predicted molar refractivity (Wildman–Crippen MR) is 50.2 cm³/mol. The third-order valence-corrected chi connectivity index (χ3v) is 1.73. The number of unbranched alkanes of at least 4 members (excludes halogenated alkanes) is 1. The van der Waals surface area contributed by atoms with Gasteiger partial charge in [-0.2, -0.15) is 0 Å². The van der Waals surface area contributed by atoms with Gasteiger partial charge in [-0.1, -0.05) is 0 Å². The van der Waals surface area contributed by atoms with Gasteiger partial charge in [0.25, 0.3) is 0 Å². The Morgan fingerprint density at radius 2 is 1.60 bits per heavy atom. The first-order valence-corrected chi connectivity index (χ1v) is 4.73. The van der Waals surface area contributed by atoms with Crippen LogP contribution in [0, 0.1) is 0 Å². The summed E-state index contributed by atoms with van der Waals surface area (Å²) in [6.07, 6.45) is 0.0831. The molecule has 0 aliphatic heterocycles. The number of ether oxygens (including phenoxy) is 1. The maximum atomic E-state index is 11.0. The monoisotopic (exact) mass is 220 g/mol. The van der Waals surface area contributed by atoms with Crippen molar-refractivity contribution >= 4 is 11.9 Å². The van der Waals surface area contributed by atoms with Gasteiger partial charge in [0.1, 0.15) is 6.10 Å². The third kappa shape index (κ3) is 7.90. The van der Waals surface area contributed by atoms with E-state index in [1.54, 1.807) is 0 Å². The van der Waals surface area contributed by atoms with Crippen molar-refractivity contribution in [3.63, 3.8) is 0 Å². The van der Waals surface area contributed by atoms with Crippen LogP contribution >= 0.6 is 0 Å². The zero-order valence-electron chi connectivity index (χ0n) is 8.39. The standard InChI is InChI=1S/C9H16O6/c10-5-7(6-11)15-9(14)4-2-1-3-8(12)13/h7,10-11H,1-6H2,(H,12,13). The highest BCUT2D eigenvalue weighted by Crippen LogP contribution is 2.03. The second-order valence-corrected chi connectivity index (χ2v) is 3.08. The molecule has 0 bridgehead atoms. The summed E-state index contributed by atoms with van der Waals surface area (Å²) in [6.45, 7) is -0.839. The van der Waals surface area contributed by atoms with E-state index < -0.39 is 31.3 Å². The van der Waals surface area contributed by atoms with Gasteiger partial charge >= 0.3 is 11.9 Å². The smallest absolute Gasteiger partial charge is 0.306 e. The lowest BCUT2D eigenvalue weighted by molar-refractivity contribution is -0.153. The summed E-state index contributed by atoms with van der Waals surface area (Å²) in [6, 6.07) is 0. The van der Waals surface area contributed by atoms with Crippen LogP contribution in [0.25, 0.3) is 0 Å². The highest BCUT2D eigenvalue weighted by atomic mass is 16.6. The molecule has 0 amide bonds. The van der Waals surface area contributed by atoms with Crippen molar-refractivity contribution in [1.82, 2.24) is 0 Å².